The number of hydrogen-bond acceptors (Lipinski definition) is 2. The molecule has 0 fully saturated rings. The van der Waals surface area contributed by atoms with Gasteiger partial charge in [0.25, 0.3) is 0 Å². The van der Waals surface area contributed by atoms with E-state index in [1.807, 2.05) is 6.92 Å². The van der Waals surface area contributed by atoms with E-state index in [4.69, 9.17) is 0 Å². The molecule has 0 radical (unpaired) electrons. The number of aldehydes is 2. The average Bonchev–Trinajstić information content (AvgIpc) is 2.06. The Kier molecular flexibility index (Phi) is 2.38. The van der Waals surface area contributed by atoms with Gasteiger partial charge in [0.15, 0.2) is 6.29 Å². The third-order valence-electron chi connectivity index (χ3n) is 2.02. The molecule has 0 atom stereocenters. The van der Waals surface area contributed by atoms with Crippen LogP contribution < -0.4 is 0 Å². The highest BCUT2D eigenvalue weighted by molar-refractivity contribution is 5.86. The zero-order chi connectivity index (χ0) is 9.14. The summed E-state index contributed by atoms with van der Waals surface area (Å²) < 4.78 is 0. The van der Waals surface area contributed by atoms with Crippen LogP contribution in [-0.4, -0.2) is 12.6 Å². The second kappa shape index (κ2) is 3.30. The van der Waals surface area contributed by atoms with Crippen molar-refractivity contribution in [3.63, 3.8) is 0 Å². The van der Waals surface area contributed by atoms with Gasteiger partial charge in [0.05, 0.1) is 0 Å². The minimum atomic E-state index is 0.586. The van der Waals surface area contributed by atoms with Crippen LogP contribution in [0.15, 0.2) is 12.1 Å². The largest absolute Gasteiger partial charge is 0.298 e. The molecule has 0 aromatic heterocycles. The normalized spacial score (nSPS) is 9.50. The lowest BCUT2D eigenvalue weighted by Crippen LogP contribution is -1.96. The van der Waals surface area contributed by atoms with Gasteiger partial charge in [-0.2, -0.15) is 0 Å². The highest BCUT2D eigenvalue weighted by Crippen LogP contribution is 2.14. The van der Waals surface area contributed by atoms with E-state index >= 15 is 0 Å². The van der Waals surface area contributed by atoms with Gasteiger partial charge in [-0.15, -0.1) is 0 Å². The molecule has 1 aromatic carbocycles. The fourth-order valence-corrected chi connectivity index (χ4v) is 1.19. The minimum Gasteiger partial charge on any atom is -0.298 e. The Morgan fingerprint density at radius 2 is 1.75 bits per heavy atom. The summed E-state index contributed by atoms with van der Waals surface area (Å²) in [4.78, 5) is 21.1. The first-order chi connectivity index (χ1) is 5.70. The fraction of sp³-hybridized carbons (Fsp3) is 0.200. The van der Waals surface area contributed by atoms with Gasteiger partial charge in [0, 0.05) is 11.1 Å². The highest BCUT2D eigenvalue weighted by atomic mass is 16.1. The summed E-state index contributed by atoms with van der Waals surface area (Å²) in [5.74, 6) is 0. The van der Waals surface area contributed by atoms with Crippen LogP contribution in [0, 0.1) is 13.8 Å². The van der Waals surface area contributed by atoms with Crippen LogP contribution in [-0.2, 0) is 0 Å². The molecule has 0 N–H and O–H groups in total. The Labute approximate surface area is 71.2 Å². The molecule has 0 amide bonds. The predicted octanol–water partition coefficient (Wildman–Crippen LogP) is 1.93. The van der Waals surface area contributed by atoms with E-state index in [-0.39, 0.29) is 0 Å². The van der Waals surface area contributed by atoms with Crippen LogP contribution >= 0.6 is 0 Å². The molecule has 0 saturated carbocycles. The molecule has 62 valence electrons. The lowest BCUT2D eigenvalue weighted by Gasteiger charge is -2.04. The molecule has 0 saturated heterocycles. The van der Waals surface area contributed by atoms with Crippen molar-refractivity contribution in [2.24, 2.45) is 0 Å². The molecule has 0 aliphatic rings. The Bertz CT molecular complexity index is 327. The molecular formula is C10H10O2. The van der Waals surface area contributed by atoms with Crippen LogP contribution in [0.3, 0.4) is 0 Å². The van der Waals surface area contributed by atoms with Gasteiger partial charge in [-0.3, -0.25) is 9.59 Å². The molecule has 0 spiro atoms. The molecule has 2 heteroatoms. The first-order valence-electron chi connectivity index (χ1n) is 3.71. The van der Waals surface area contributed by atoms with E-state index in [2.05, 4.69) is 0 Å². The number of hydrogen-bond donors (Lipinski definition) is 0. The zero-order valence-electron chi connectivity index (χ0n) is 7.13. The number of benzene rings is 1. The van der Waals surface area contributed by atoms with Crippen LogP contribution in [0.25, 0.3) is 0 Å². The molecular weight excluding hydrogens is 152 g/mol. The van der Waals surface area contributed by atoms with Crippen LogP contribution in [0.4, 0.5) is 0 Å². The van der Waals surface area contributed by atoms with E-state index in [9.17, 15) is 9.59 Å². The molecule has 0 bridgehead atoms. The van der Waals surface area contributed by atoms with Crippen molar-refractivity contribution in [3.8, 4) is 0 Å². The fourth-order valence-electron chi connectivity index (χ4n) is 1.19. The summed E-state index contributed by atoms with van der Waals surface area (Å²) in [6.45, 7) is 3.63. The quantitative estimate of drug-likeness (QED) is 0.622. The van der Waals surface area contributed by atoms with Crippen molar-refractivity contribution in [2.75, 3.05) is 0 Å². The van der Waals surface area contributed by atoms with Crippen molar-refractivity contribution in [2.45, 2.75) is 13.8 Å². The second-order valence-corrected chi connectivity index (χ2v) is 2.75. The van der Waals surface area contributed by atoms with Gasteiger partial charge in [-0.05, 0) is 25.0 Å². The number of carbonyl (C=O) groups is 2. The molecule has 2 nitrogen and oxygen atoms in total. The summed E-state index contributed by atoms with van der Waals surface area (Å²) in [5.41, 5.74) is 2.88. The maximum absolute atomic E-state index is 10.6. The zero-order valence-corrected chi connectivity index (χ0v) is 7.13. The van der Waals surface area contributed by atoms with Crippen LogP contribution in [0.2, 0.25) is 0 Å². The summed E-state index contributed by atoms with van der Waals surface area (Å²) >= 11 is 0. The topological polar surface area (TPSA) is 34.1 Å². The monoisotopic (exact) mass is 162 g/mol. The maximum Gasteiger partial charge on any atom is 0.150 e. The van der Waals surface area contributed by atoms with E-state index in [0.717, 1.165) is 23.7 Å². The molecule has 0 aliphatic heterocycles. The van der Waals surface area contributed by atoms with Gasteiger partial charge >= 0.3 is 0 Å². The number of carbonyl (C=O) groups excluding carboxylic acids is 2. The van der Waals surface area contributed by atoms with Gasteiger partial charge in [-0.1, -0.05) is 12.1 Å². The summed E-state index contributed by atoms with van der Waals surface area (Å²) in [6.07, 6.45) is 1.56. The Morgan fingerprint density at radius 3 is 2.25 bits per heavy atom. The van der Waals surface area contributed by atoms with Crippen molar-refractivity contribution in [1.29, 1.82) is 0 Å². The SMILES string of the molecule is Cc1ccc(C=O)c(C)c1C=O. The van der Waals surface area contributed by atoms with E-state index in [1.165, 1.54) is 0 Å². The lowest BCUT2D eigenvalue weighted by molar-refractivity contribution is 0.112. The third-order valence-corrected chi connectivity index (χ3v) is 2.02. The summed E-state index contributed by atoms with van der Waals surface area (Å²) in [6, 6.07) is 3.51. The maximum atomic E-state index is 10.6. The third kappa shape index (κ3) is 1.28. The van der Waals surface area contributed by atoms with Crippen molar-refractivity contribution < 1.29 is 9.59 Å². The van der Waals surface area contributed by atoms with Crippen LogP contribution in [0.1, 0.15) is 31.8 Å². The summed E-state index contributed by atoms with van der Waals surface area (Å²) in [5, 5.41) is 0. The smallest absolute Gasteiger partial charge is 0.150 e. The number of aryl methyl sites for hydroxylation is 1. The lowest BCUT2D eigenvalue weighted by atomic mass is 9.99. The molecule has 12 heavy (non-hydrogen) atoms. The van der Waals surface area contributed by atoms with Crippen molar-refractivity contribution in [1.82, 2.24) is 0 Å². The predicted molar refractivity (Wildman–Crippen MR) is 46.7 cm³/mol. The van der Waals surface area contributed by atoms with E-state index in [0.29, 0.717) is 11.1 Å². The van der Waals surface area contributed by atoms with E-state index < -0.39 is 0 Å². The van der Waals surface area contributed by atoms with Gasteiger partial charge < -0.3 is 0 Å². The standard InChI is InChI=1S/C10H10O2/c1-7-3-4-9(5-11)8(2)10(7)6-12/h3-6H,1-2H3. The number of rotatable bonds is 2. The first kappa shape index (κ1) is 8.65. The van der Waals surface area contributed by atoms with Gasteiger partial charge in [0.1, 0.15) is 6.29 Å². The first-order valence-corrected chi connectivity index (χ1v) is 3.71. The Morgan fingerprint density at radius 1 is 1.08 bits per heavy atom. The Hall–Kier alpha value is -1.44. The molecule has 0 aliphatic carbocycles. The highest BCUT2D eigenvalue weighted by Gasteiger charge is 2.04. The van der Waals surface area contributed by atoms with E-state index in [1.54, 1.807) is 19.1 Å². The van der Waals surface area contributed by atoms with Gasteiger partial charge in [-0.25, -0.2) is 0 Å². The molecule has 0 unspecified atom stereocenters. The minimum absolute atomic E-state index is 0.586. The summed E-state index contributed by atoms with van der Waals surface area (Å²) in [7, 11) is 0. The van der Waals surface area contributed by atoms with Crippen LogP contribution in [0.5, 0.6) is 0 Å². The second-order valence-electron chi connectivity index (χ2n) is 2.75. The Balaban J connectivity index is 3.43. The average molecular weight is 162 g/mol. The molecule has 1 rings (SSSR count). The van der Waals surface area contributed by atoms with Crippen molar-refractivity contribution >= 4 is 12.6 Å². The molecule has 0 heterocycles. The molecule has 1 aromatic rings. The van der Waals surface area contributed by atoms with Crippen molar-refractivity contribution in [3.05, 3.63) is 34.4 Å². The van der Waals surface area contributed by atoms with Gasteiger partial charge in [0.2, 0.25) is 0 Å².